The van der Waals surface area contributed by atoms with Crippen LogP contribution in [-0.4, -0.2) is 74.4 Å². The number of anilines is 2. The van der Waals surface area contributed by atoms with Gasteiger partial charge in [-0.1, -0.05) is 6.07 Å². The van der Waals surface area contributed by atoms with Gasteiger partial charge in [0.15, 0.2) is 0 Å². The maximum absolute atomic E-state index is 13.0. The van der Waals surface area contributed by atoms with Crippen molar-refractivity contribution in [2.45, 2.75) is 20.3 Å². The number of phenols is 1. The molecule has 0 bridgehead atoms. The third-order valence-electron chi connectivity index (χ3n) is 6.09. The van der Waals surface area contributed by atoms with Gasteiger partial charge in [-0.15, -0.1) is 9.53 Å². The maximum Gasteiger partial charge on any atom is 0.257 e. The zero-order valence-corrected chi connectivity index (χ0v) is 19.1. The number of nitrogens with zero attached hydrogens (tertiary/aromatic N) is 4. The van der Waals surface area contributed by atoms with Gasteiger partial charge in [0.1, 0.15) is 11.6 Å². The van der Waals surface area contributed by atoms with Crippen molar-refractivity contribution in [1.29, 1.82) is 0 Å². The second kappa shape index (κ2) is 7.49. The molecule has 0 radical (unpaired) electrons. The second-order valence-corrected chi connectivity index (χ2v) is 12.4. The quantitative estimate of drug-likeness (QED) is 0.752. The molecule has 2 N–H and O–H groups in total. The molecular formula is C22H30N4O4S. The highest BCUT2D eigenvalue weighted by atomic mass is 32.3. The van der Waals surface area contributed by atoms with E-state index >= 15 is 0 Å². The summed E-state index contributed by atoms with van der Waals surface area (Å²) in [6.07, 6.45) is 3.81. The van der Waals surface area contributed by atoms with Crippen molar-refractivity contribution in [3.05, 3.63) is 47.2 Å². The molecule has 0 saturated carbocycles. The van der Waals surface area contributed by atoms with Gasteiger partial charge >= 0.3 is 0 Å². The van der Waals surface area contributed by atoms with Crippen LogP contribution >= 0.6 is 0 Å². The molecule has 8 nitrogen and oxygen atoms in total. The molecule has 2 aliphatic rings. The van der Waals surface area contributed by atoms with Gasteiger partial charge in [0.05, 0.1) is 17.0 Å². The number of carbonyl (C=O) groups is 1. The fourth-order valence-electron chi connectivity index (χ4n) is 4.47. The molecule has 9 heteroatoms. The van der Waals surface area contributed by atoms with E-state index in [1.165, 1.54) is 16.6 Å². The zero-order valence-electron chi connectivity index (χ0n) is 18.2. The highest BCUT2D eigenvalue weighted by Gasteiger charge is 2.36. The first-order valence-electron chi connectivity index (χ1n) is 10.5. The maximum atomic E-state index is 13.0. The van der Waals surface area contributed by atoms with Crippen LogP contribution in [0.4, 0.5) is 11.5 Å². The molecule has 1 aromatic carbocycles. The van der Waals surface area contributed by atoms with Gasteiger partial charge in [-0.25, -0.2) is 4.98 Å². The largest absolute Gasteiger partial charge is 0.507 e. The number of benzene rings is 1. The Morgan fingerprint density at radius 3 is 2.39 bits per heavy atom. The van der Waals surface area contributed by atoms with E-state index in [0.717, 1.165) is 16.9 Å². The topological polar surface area (TPSA) is 97.2 Å². The molecule has 2 aliphatic heterocycles. The van der Waals surface area contributed by atoms with Crippen molar-refractivity contribution < 1.29 is 18.7 Å². The lowest BCUT2D eigenvalue weighted by Crippen LogP contribution is -2.49. The van der Waals surface area contributed by atoms with Gasteiger partial charge in [-0.05, 0) is 43.5 Å². The Bertz CT molecular complexity index is 1090. The number of hydrogen-bond acceptors (Lipinski definition) is 5. The smallest absolute Gasteiger partial charge is 0.257 e. The summed E-state index contributed by atoms with van der Waals surface area (Å²) in [5.41, 5.74) is 2.90. The molecule has 0 aliphatic carbocycles. The summed E-state index contributed by atoms with van der Waals surface area (Å²) in [5, 5.41) is 10.5. The van der Waals surface area contributed by atoms with Gasteiger partial charge in [0.25, 0.3) is 5.91 Å². The minimum Gasteiger partial charge on any atom is -0.507 e. The van der Waals surface area contributed by atoms with Crippen molar-refractivity contribution in [2.75, 3.05) is 53.9 Å². The first kappa shape index (κ1) is 21.6. The van der Waals surface area contributed by atoms with Crippen LogP contribution in [0, 0.1) is 13.8 Å². The van der Waals surface area contributed by atoms with Crippen molar-refractivity contribution in [3.63, 3.8) is 0 Å². The number of phenolic OH excluding ortho intramolecular Hbond substituents is 1. The summed E-state index contributed by atoms with van der Waals surface area (Å²) in [5.74, 6) is 0.739. The van der Waals surface area contributed by atoms with Gasteiger partial charge in [-0.2, -0.15) is 4.21 Å². The van der Waals surface area contributed by atoms with E-state index in [-0.39, 0.29) is 23.0 Å². The van der Waals surface area contributed by atoms with Crippen LogP contribution in [-0.2, 0) is 9.53 Å². The molecule has 2 aromatic rings. The van der Waals surface area contributed by atoms with Gasteiger partial charge in [0, 0.05) is 51.2 Å². The van der Waals surface area contributed by atoms with E-state index in [4.69, 9.17) is 0 Å². The van der Waals surface area contributed by atoms with E-state index < -0.39 is 9.53 Å². The van der Waals surface area contributed by atoms with E-state index in [1.54, 1.807) is 17.0 Å². The van der Waals surface area contributed by atoms with Gasteiger partial charge in [-0.3, -0.25) is 13.7 Å². The molecule has 0 atom stereocenters. The summed E-state index contributed by atoms with van der Waals surface area (Å²) in [4.78, 5) is 21.5. The molecule has 4 rings (SSSR count). The Balaban J connectivity index is 1.46. The lowest BCUT2D eigenvalue weighted by molar-refractivity contribution is 0.0743. The van der Waals surface area contributed by atoms with E-state index in [9.17, 15) is 18.7 Å². The molecule has 3 heterocycles. The number of amides is 1. The van der Waals surface area contributed by atoms with Crippen LogP contribution in [0.5, 0.6) is 5.75 Å². The van der Waals surface area contributed by atoms with Crippen molar-refractivity contribution in [3.8, 4) is 5.75 Å². The average Bonchev–Trinajstić information content (AvgIpc) is 3.01. The first-order valence-corrected chi connectivity index (χ1v) is 13.0. The molecule has 31 heavy (non-hydrogen) atoms. The van der Waals surface area contributed by atoms with Gasteiger partial charge < -0.3 is 14.9 Å². The molecule has 0 unspecified atom stereocenters. The van der Waals surface area contributed by atoms with Crippen LogP contribution in [0.15, 0.2) is 30.5 Å². The highest BCUT2D eigenvalue weighted by molar-refractivity contribution is 8.15. The van der Waals surface area contributed by atoms with Crippen LogP contribution in [0.3, 0.4) is 0 Å². The van der Waals surface area contributed by atoms with E-state index in [1.807, 2.05) is 20.0 Å². The van der Waals surface area contributed by atoms with Gasteiger partial charge in [0.2, 0.25) is 0 Å². The summed E-state index contributed by atoms with van der Waals surface area (Å²) < 4.78 is 24.8. The fraction of sp³-hybridized carbons (Fsp3) is 0.455. The van der Waals surface area contributed by atoms with E-state index in [2.05, 4.69) is 16.0 Å². The molecule has 1 aromatic heterocycles. The molecule has 2 saturated heterocycles. The number of carbonyl (C=O) groups excluding carboxylic acids is 1. The van der Waals surface area contributed by atoms with Crippen LogP contribution in [0.1, 0.15) is 27.9 Å². The van der Waals surface area contributed by atoms with Crippen LogP contribution in [0.25, 0.3) is 0 Å². The first-order chi connectivity index (χ1) is 14.5. The Morgan fingerprint density at radius 2 is 1.81 bits per heavy atom. The number of pyridine rings is 1. The van der Waals surface area contributed by atoms with Crippen LogP contribution < -0.4 is 9.21 Å². The Hall–Kier alpha value is -2.65. The minimum absolute atomic E-state index is 0.170. The summed E-state index contributed by atoms with van der Waals surface area (Å²) in [6.45, 7) is 6.89. The standard InChI is InChI=1S/C22H30N4O4S/c1-16-13-17(2)21(23-15-16)24-8-10-25(11-9-24)22(28)19-6-5-18(14-20(19)27)26-7-4-12-31(26,3,29)30/h5-6,13-15,27H,4,7-12H2,1-3H3,(H,29,30). The number of aromatic nitrogens is 1. The lowest BCUT2D eigenvalue weighted by Gasteiger charge is -2.44. The molecule has 0 spiro atoms. The molecular weight excluding hydrogens is 416 g/mol. The summed E-state index contributed by atoms with van der Waals surface area (Å²) in [7, 11) is -3.90. The SMILES string of the molecule is Cc1cnc(N2CCN(C(=O)c3ccc(N4CCCS4(C)(=O)O)cc3O)CC2)c(C)c1. The Kier molecular flexibility index (Phi) is 5.21. The number of aromatic hydroxyl groups is 1. The normalized spacial score (nSPS) is 21.5. The highest BCUT2D eigenvalue weighted by Crippen LogP contribution is 2.38. The zero-order chi connectivity index (χ0) is 22.4. The van der Waals surface area contributed by atoms with E-state index in [0.29, 0.717) is 44.8 Å². The molecule has 2 fully saturated rings. The third-order valence-corrected chi connectivity index (χ3v) is 8.85. The minimum atomic E-state index is -3.90. The number of hydrogen-bond donors (Lipinski definition) is 2. The van der Waals surface area contributed by atoms with Crippen molar-refractivity contribution in [2.24, 2.45) is 0 Å². The monoisotopic (exact) mass is 446 g/mol. The predicted octanol–water partition coefficient (Wildman–Crippen LogP) is 2.41. The molecule has 1 amide bonds. The summed E-state index contributed by atoms with van der Waals surface area (Å²) in [6, 6.07) is 6.71. The lowest BCUT2D eigenvalue weighted by atomic mass is 10.1. The average molecular weight is 447 g/mol. The fourth-order valence-corrected chi connectivity index (χ4v) is 6.74. The number of piperazine rings is 1. The predicted molar refractivity (Wildman–Crippen MR) is 123 cm³/mol. The van der Waals surface area contributed by atoms with Crippen molar-refractivity contribution in [1.82, 2.24) is 9.88 Å². The van der Waals surface area contributed by atoms with Crippen molar-refractivity contribution >= 4 is 26.9 Å². The number of aryl methyl sites for hydroxylation is 2. The Labute approximate surface area is 182 Å². The third kappa shape index (κ3) is 4.12. The Morgan fingerprint density at radius 1 is 1.10 bits per heavy atom. The number of rotatable bonds is 3. The molecule has 168 valence electrons. The second-order valence-electron chi connectivity index (χ2n) is 8.72. The summed E-state index contributed by atoms with van der Waals surface area (Å²) >= 11 is 0. The van der Waals surface area contributed by atoms with Crippen LogP contribution in [0.2, 0.25) is 0 Å².